The molecular weight excluding hydrogens is 295 g/mol. The molecule has 2 aromatic rings. The molecule has 4 rings (SSSR count). The molecule has 5 heteroatoms. The van der Waals surface area contributed by atoms with Gasteiger partial charge in [-0.05, 0) is 61.6 Å². The van der Waals surface area contributed by atoms with Crippen LogP contribution in [0.4, 0.5) is 4.39 Å². The summed E-state index contributed by atoms with van der Waals surface area (Å²) in [6.45, 7) is 0. The molecule has 1 saturated carbocycles. The lowest BCUT2D eigenvalue weighted by Crippen LogP contribution is -2.39. The van der Waals surface area contributed by atoms with Gasteiger partial charge >= 0.3 is 5.97 Å². The maximum absolute atomic E-state index is 13.1. The summed E-state index contributed by atoms with van der Waals surface area (Å²) >= 11 is 0. The van der Waals surface area contributed by atoms with E-state index in [4.69, 9.17) is 0 Å². The lowest BCUT2D eigenvalue weighted by atomic mass is 9.64. The van der Waals surface area contributed by atoms with Gasteiger partial charge in [0.05, 0.1) is 23.0 Å². The van der Waals surface area contributed by atoms with Crippen LogP contribution in [0, 0.1) is 11.2 Å². The number of carbonyl (C=O) groups is 1. The second-order valence-electron chi connectivity index (χ2n) is 6.38. The highest BCUT2D eigenvalue weighted by Gasteiger charge is 2.46. The first-order chi connectivity index (χ1) is 11.1. The average molecular weight is 312 g/mol. The number of hydrogen-bond acceptors (Lipinski definition) is 2. The Kier molecular flexibility index (Phi) is 3.11. The minimum Gasteiger partial charge on any atom is -0.481 e. The molecule has 1 aromatic heterocycles. The van der Waals surface area contributed by atoms with Crippen molar-refractivity contribution < 1.29 is 14.3 Å². The van der Waals surface area contributed by atoms with Crippen molar-refractivity contribution in [3.63, 3.8) is 0 Å². The molecule has 0 aliphatic heterocycles. The Hall–Kier alpha value is -2.43. The number of benzene rings is 1. The zero-order valence-electron chi connectivity index (χ0n) is 12.6. The van der Waals surface area contributed by atoms with Crippen LogP contribution in [0.2, 0.25) is 0 Å². The third-order valence-electron chi connectivity index (χ3n) is 5.08. The summed E-state index contributed by atoms with van der Waals surface area (Å²) in [5.41, 5.74) is 2.88. The molecule has 0 radical (unpaired) electrons. The number of carboxylic acid groups (broad SMARTS) is 1. The van der Waals surface area contributed by atoms with Gasteiger partial charge in [0, 0.05) is 0 Å². The molecule has 118 valence electrons. The van der Waals surface area contributed by atoms with Crippen LogP contribution in [0.1, 0.15) is 36.9 Å². The minimum absolute atomic E-state index is 0.287. The van der Waals surface area contributed by atoms with E-state index in [1.54, 1.807) is 23.0 Å². The van der Waals surface area contributed by atoms with Gasteiger partial charge < -0.3 is 5.11 Å². The average Bonchev–Trinajstić information content (AvgIpc) is 2.95. The highest BCUT2D eigenvalue weighted by Crippen LogP contribution is 2.48. The first-order valence-electron chi connectivity index (χ1n) is 7.87. The summed E-state index contributed by atoms with van der Waals surface area (Å²) in [6, 6.07) is 6.17. The van der Waals surface area contributed by atoms with Crippen LogP contribution in [0.25, 0.3) is 11.8 Å². The van der Waals surface area contributed by atoms with Crippen molar-refractivity contribution in [2.75, 3.05) is 0 Å². The van der Waals surface area contributed by atoms with E-state index in [2.05, 4.69) is 5.10 Å². The van der Waals surface area contributed by atoms with Crippen molar-refractivity contribution >= 4 is 12.0 Å². The molecule has 2 aliphatic carbocycles. The Labute approximate surface area is 133 Å². The fourth-order valence-corrected chi connectivity index (χ4v) is 3.83. The van der Waals surface area contributed by atoms with E-state index in [9.17, 15) is 14.3 Å². The molecule has 1 N–H and O–H groups in total. The third kappa shape index (κ3) is 2.11. The molecule has 1 unspecified atom stereocenters. The SMILES string of the molecule is O=C(O)C12CCCCC1=Cc1c(cnn1-c1ccc(F)cc1)C2. The summed E-state index contributed by atoms with van der Waals surface area (Å²) in [4.78, 5) is 11.9. The molecule has 4 nitrogen and oxygen atoms in total. The Balaban J connectivity index is 1.83. The Morgan fingerprint density at radius 1 is 1.26 bits per heavy atom. The number of aromatic nitrogens is 2. The fourth-order valence-electron chi connectivity index (χ4n) is 3.83. The quantitative estimate of drug-likeness (QED) is 0.922. The number of nitrogens with zero attached hydrogens (tertiary/aromatic N) is 2. The van der Waals surface area contributed by atoms with Gasteiger partial charge in [-0.15, -0.1) is 0 Å². The summed E-state index contributed by atoms with van der Waals surface area (Å²) < 4.78 is 14.9. The molecule has 0 spiro atoms. The minimum atomic E-state index is -0.762. The van der Waals surface area contributed by atoms with E-state index >= 15 is 0 Å². The first-order valence-corrected chi connectivity index (χ1v) is 7.87. The van der Waals surface area contributed by atoms with Crippen molar-refractivity contribution in [3.05, 3.63) is 53.1 Å². The van der Waals surface area contributed by atoms with E-state index in [0.717, 1.165) is 41.8 Å². The number of fused-ring (bicyclic) bond motifs is 2. The molecule has 1 aromatic carbocycles. The lowest BCUT2D eigenvalue weighted by molar-refractivity contribution is -0.147. The summed E-state index contributed by atoms with van der Waals surface area (Å²) in [7, 11) is 0. The topological polar surface area (TPSA) is 55.1 Å². The van der Waals surface area contributed by atoms with Gasteiger partial charge in [0.25, 0.3) is 0 Å². The second kappa shape index (κ2) is 5.05. The van der Waals surface area contributed by atoms with E-state index in [1.165, 1.54) is 12.1 Å². The van der Waals surface area contributed by atoms with Gasteiger partial charge in [0.1, 0.15) is 5.82 Å². The zero-order valence-corrected chi connectivity index (χ0v) is 12.6. The summed E-state index contributed by atoms with van der Waals surface area (Å²) in [6.07, 6.45) is 7.71. The fraction of sp³-hybridized carbons (Fsp3) is 0.333. The zero-order chi connectivity index (χ0) is 16.0. The number of halogens is 1. The van der Waals surface area contributed by atoms with Crippen LogP contribution in [0.5, 0.6) is 0 Å². The van der Waals surface area contributed by atoms with E-state index in [-0.39, 0.29) is 5.82 Å². The van der Waals surface area contributed by atoms with Crippen molar-refractivity contribution in [2.24, 2.45) is 5.41 Å². The maximum Gasteiger partial charge on any atom is 0.314 e. The van der Waals surface area contributed by atoms with Crippen molar-refractivity contribution in [3.8, 4) is 5.69 Å². The van der Waals surface area contributed by atoms with Gasteiger partial charge in [-0.3, -0.25) is 4.79 Å². The summed E-state index contributed by atoms with van der Waals surface area (Å²) in [5, 5.41) is 14.2. The van der Waals surface area contributed by atoms with Gasteiger partial charge in [0.15, 0.2) is 0 Å². The molecule has 2 aliphatic rings. The van der Waals surface area contributed by atoms with Crippen LogP contribution in [-0.4, -0.2) is 20.9 Å². The standard InChI is InChI=1S/C18H17FN2O2/c19-14-4-6-15(7-5-14)21-16-9-13-3-1-2-8-18(13,17(22)23)10-12(16)11-20-21/h4-7,9,11H,1-3,8,10H2,(H,22,23). The number of carboxylic acids is 1. The van der Waals surface area contributed by atoms with Crippen LogP contribution in [0.3, 0.4) is 0 Å². The molecule has 1 heterocycles. The van der Waals surface area contributed by atoms with Crippen LogP contribution in [0.15, 0.2) is 36.0 Å². The van der Waals surface area contributed by atoms with Crippen molar-refractivity contribution in [1.29, 1.82) is 0 Å². The number of rotatable bonds is 2. The predicted molar refractivity (Wildman–Crippen MR) is 83.7 cm³/mol. The Morgan fingerprint density at radius 3 is 2.78 bits per heavy atom. The molecule has 0 saturated heterocycles. The lowest BCUT2D eigenvalue weighted by Gasteiger charge is -2.38. The first kappa shape index (κ1) is 14.2. The van der Waals surface area contributed by atoms with Gasteiger partial charge in [-0.1, -0.05) is 12.0 Å². The molecule has 0 amide bonds. The largest absolute Gasteiger partial charge is 0.481 e. The molecule has 23 heavy (non-hydrogen) atoms. The van der Waals surface area contributed by atoms with E-state index in [0.29, 0.717) is 12.8 Å². The second-order valence-corrected chi connectivity index (χ2v) is 6.38. The van der Waals surface area contributed by atoms with Gasteiger partial charge in [-0.2, -0.15) is 5.10 Å². The van der Waals surface area contributed by atoms with Crippen molar-refractivity contribution in [1.82, 2.24) is 9.78 Å². The van der Waals surface area contributed by atoms with Crippen LogP contribution < -0.4 is 0 Å². The molecule has 1 fully saturated rings. The van der Waals surface area contributed by atoms with Crippen LogP contribution in [-0.2, 0) is 11.2 Å². The highest BCUT2D eigenvalue weighted by molar-refractivity contribution is 5.83. The number of aliphatic carboxylic acids is 1. The Morgan fingerprint density at radius 2 is 2.04 bits per heavy atom. The van der Waals surface area contributed by atoms with Crippen LogP contribution >= 0.6 is 0 Å². The Bertz CT molecular complexity index is 807. The molecular formula is C18H17FN2O2. The maximum atomic E-state index is 13.1. The van der Waals surface area contributed by atoms with E-state index in [1.807, 2.05) is 6.08 Å². The third-order valence-corrected chi connectivity index (χ3v) is 5.08. The highest BCUT2D eigenvalue weighted by atomic mass is 19.1. The van der Waals surface area contributed by atoms with E-state index < -0.39 is 11.4 Å². The smallest absolute Gasteiger partial charge is 0.314 e. The van der Waals surface area contributed by atoms with Crippen molar-refractivity contribution in [2.45, 2.75) is 32.1 Å². The normalized spacial score (nSPS) is 22.9. The summed E-state index contributed by atoms with van der Waals surface area (Å²) in [5.74, 6) is -1.02. The van der Waals surface area contributed by atoms with Gasteiger partial charge in [0.2, 0.25) is 0 Å². The monoisotopic (exact) mass is 312 g/mol. The molecule has 0 bridgehead atoms. The number of hydrogen-bond donors (Lipinski definition) is 1. The predicted octanol–water partition coefficient (Wildman–Crippen LogP) is 3.60. The van der Waals surface area contributed by atoms with Gasteiger partial charge in [-0.25, -0.2) is 9.07 Å². The molecule has 1 atom stereocenters.